The first-order valence-electron chi connectivity index (χ1n) is 2.99. The first kappa shape index (κ1) is 6.67. The maximum atomic E-state index is 6.85. The summed E-state index contributed by atoms with van der Waals surface area (Å²) in [6.45, 7) is 0.586. The molecule has 54 valence electrons. The topological polar surface area (TPSA) is 77.7 Å². The molecule has 0 atom stereocenters. The van der Waals surface area contributed by atoms with Gasteiger partial charge in [0, 0.05) is 11.9 Å². The molecule has 0 saturated heterocycles. The standard InChI is InChI=1S/C6H10N4/c7-6(8)10-4-5-2-1-3-9-5/h1-3,9H,4H2,(H4,7,8,10). The fourth-order valence-corrected chi connectivity index (χ4v) is 0.668. The van der Waals surface area contributed by atoms with E-state index in [0.29, 0.717) is 6.54 Å². The third-order valence-corrected chi connectivity index (χ3v) is 1.13. The van der Waals surface area contributed by atoms with E-state index in [1.165, 1.54) is 0 Å². The third-order valence-electron chi connectivity index (χ3n) is 1.13. The summed E-state index contributed by atoms with van der Waals surface area (Å²) >= 11 is 0. The van der Waals surface area contributed by atoms with Crippen LogP contribution in [0.25, 0.3) is 0 Å². The minimum absolute atomic E-state index is 0.00500. The van der Waals surface area contributed by atoms with Crippen molar-refractivity contribution < 1.29 is 0 Å². The molecule has 0 aromatic carbocycles. The number of hydrogen-bond acceptors (Lipinski definition) is 1. The van der Waals surface area contributed by atoms with Crippen LogP contribution >= 0.6 is 0 Å². The summed E-state index contributed by atoms with van der Waals surface area (Å²) in [5.41, 5.74) is 6.09. The lowest BCUT2D eigenvalue weighted by atomic mass is 10.4. The molecule has 0 unspecified atom stereocenters. The van der Waals surface area contributed by atoms with E-state index < -0.39 is 0 Å². The van der Waals surface area contributed by atoms with E-state index in [1.54, 1.807) is 0 Å². The summed E-state index contributed by atoms with van der Waals surface area (Å²) in [6, 6.07) is 3.83. The van der Waals surface area contributed by atoms with Gasteiger partial charge in [-0.2, -0.15) is 0 Å². The van der Waals surface area contributed by atoms with Crippen LogP contribution in [0.5, 0.6) is 0 Å². The van der Waals surface area contributed by atoms with Gasteiger partial charge in [0.15, 0.2) is 5.96 Å². The molecule has 0 aliphatic carbocycles. The molecule has 1 heterocycles. The molecular weight excluding hydrogens is 128 g/mol. The van der Waals surface area contributed by atoms with E-state index in [0.717, 1.165) is 5.69 Å². The molecule has 0 spiro atoms. The van der Waals surface area contributed by atoms with Crippen molar-refractivity contribution in [1.82, 2.24) is 10.3 Å². The van der Waals surface area contributed by atoms with Crippen LogP contribution in [-0.2, 0) is 6.54 Å². The van der Waals surface area contributed by atoms with E-state index in [-0.39, 0.29) is 5.96 Å². The Hall–Kier alpha value is -1.45. The van der Waals surface area contributed by atoms with E-state index in [9.17, 15) is 0 Å². The highest BCUT2D eigenvalue weighted by molar-refractivity contribution is 5.74. The Labute approximate surface area is 58.9 Å². The monoisotopic (exact) mass is 138 g/mol. The number of guanidine groups is 1. The lowest BCUT2D eigenvalue weighted by Gasteiger charge is -1.99. The van der Waals surface area contributed by atoms with Gasteiger partial charge < -0.3 is 16.0 Å². The molecule has 1 aromatic heterocycles. The van der Waals surface area contributed by atoms with Crippen molar-refractivity contribution in [2.75, 3.05) is 0 Å². The van der Waals surface area contributed by atoms with Gasteiger partial charge in [0.1, 0.15) is 0 Å². The molecule has 0 saturated carbocycles. The maximum absolute atomic E-state index is 6.85. The van der Waals surface area contributed by atoms with Gasteiger partial charge in [-0.05, 0) is 12.1 Å². The van der Waals surface area contributed by atoms with Gasteiger partial charge in [0.2, 0.25) is 0 Å². The first-order valence-corrected chi connectivity index (χ1v) is 2.99. The van der Waals surface area contributed by atoms with Crippen LogP contribution in [0.15, 0.2) is 18.3 Å². The van der Waals surface area contributed by atoms with Crippen LogP contribution in [-0.4, -0.2) is 10.9 Å². The highest BCUT2D eigenvalue weighted by Gasteiger charge is 1.90. The summed E-state index contributed by atoms with van der Waals surface area (Å²) in [7, 11) is 0. The highest BCUT2D eigenvalue weighted by atomic mass is 15.0. The third kappa shape index (κ3) is 1.81. The number of nitrogens with two attached hydrogens (primary N) is 1. The Kier molecular flexibility index (Phi) is 1.94. The van der Waals surface area contributed by atoms with Gasteiger partial charge in [-0.1, -0.05) is 0 Å². The molecule has 0 aliphatic heterocycles. The predicted octanol–water partition coefficient (Wildman–Crippen LogP) is -0.00223. The van der Waals surface area contributed by atoms with Gasteiger partial charge >= 0.3 is 0 Å². The van der Waals surface area contributed by atoms with Crippen molar-refractivity contribution in [2.24, 2.45) is 5.73 Å². The molecule has 0 radical (unpaired) electrons. The summed E-state index contributed by atoms with van der Waals surface area (Å²) in [5.74, 6) is -0.00500. The second kappa shape index (κ2) is 2.91. The first-order chi connectivity index (χ1) is 4.79. The molecule has 0 fully saturated rings. The van der Waals surface area contributed by atoms with Crippen LogP contribution < -0.4 is 11.1 Å². The summed E-state index contributed by atoms with van der Waals surface area (Å²) in [4.78, 5) is 2.98. The Bertz CT molecular complexity index is 202. The van der Waals surface area contributed by atoms with Gasteiger partial charge in [0.05, 0.1) is 6.54 Å². The molecule has 0 aliphatic rings. The molecule has 4 heteroatoms. The van der Waals surface area contributed by atoms with E-state index in [4.69, 9.17) is 11.1 Å². The zero-order valence-electron chi connectivity index (χ0n) is 5.52. The largest absolute Gasteiger partial charge is 0.370 e. The number of nitrogens with one attached hydrogen (secondary N) is 3. The van der Waals surface area contributed by atoms with Crippen molar-refractivity contribution in [1.29, 1.82) is 5.41 Å². The zero-order valence-corrected chi connectivity index (χ0v) is 5.52. The van der Waals surface area contributed by atoms with Crippen molar-refractivity contribution in [3.05, 3.63) is 24.0 Å². The van der Waals surface area contributed by atoms with E-state index in [1.807, 2.05) is 18.3 Å². The molecule has 0 amide bonds. The molecule has 5 N–H and O–H groups in total. The number of H-pyrrole nitrogens is 1. The fourth-order valence-electron chi connectivity index (χ4n) is 0.668. The summed E-state index contributed by atoms with van der Waals surface area (Å²) in [5, 5.41) is 9.53. The van der Waals surface area contributed by atoms with Gasteiger partial charge in [0.25, 0.3) is 0 Å². The smallest absolute Gasteiger partial charge is 0.186 e. The Balaban J connectivity index is 2.35. The molecule has 1 aromatic rings. The Morgan fingerprint density at radius 1 is 1.80 bits per heavy atom. The molecule has 0 bridgehead atoms. The maximum Gasteiger partial charge on any atom is 0.186 e. The van der Waals surface area contributed by atoms with Crippen LogP contribution in [0.1, 0.15) is 5.69 Å². The zero-order chi connectivity index (χ0) is 7.40. The van der Waals surface area contributed by atoms with E-state index in [2.05, 4.69) is 10.3 Å². The summed E-state index contributed by atoms with van der Waals surface area (Å²) in [6.07, 6.45) is 1.83. The number of aromatic nitrogens is 1. The average molecular weight is 138 g/mol. The quantitative estimate of drug-likeness (QED) is 0.343. The Morgan fingerprint density at radius 2 is 2.60 bits per heavy atom. The van der Waals surface area contributed by atoms with Crippen molar-refractivity contribution in [3.8, 4) is 0 Å². The van der Waals surface area contributed by atoms with Gasteiger partial charge in [-0.25, -0.2) is 0 Å². The molecular formula is C6H10N4. The average Bonchev–Trinajstić information content (AvgIpc) is 2.34. The van der Waals surface area contributed by atoms with Crippen LogP contribution in [0.3, 0.4) is 0 Å². The van der Waals surface area contributed by atoms with Gasteiger partial charge in [-0.15, -0.1) is 0 Å². The highest BCUT2D eigenvalue weighted by Crippen LogP contribution is 1.91. The van der Waals surface area contributed by atoms with Crippen molar-refractivity contribution in [2.45, 2.75) is 6.54 Å². The second-order valence-electron chi connectivity index (χ2n) is 1.96. The number of hydrogen-bond donors (Lipinski definition) is 4. The minimum Gasteiger partial charge on any atom is -0.370 e. The predicted molar refractivity (Wildman–Crippen MR) is 39.5 cm³/mol. The van der Waals surface area contributed by atoms with Crippen LogP contribution in [0, 0.1) is 5.41 Å². The second-order valence-corrected chi connectivity index (χ2v) is 1.96. The normalized spacial score (nSPS) is 9.20. The number of rotatable bonds is 2. The molecule has 10 heavy (non-hydrogen) atoms. The van der Waals surface area contributed by atoms with Crippen molar-refractivity contribution in [3.63, 3.8) is 0 Å². The Morgan fingerprint density at radius 3 is 3.10 bits per heavy atom. The lowest BCUT2D eigenvalue weighted by Crippen LogP contribution is -2.29. The van der Waals surface area contributed by atoms with Crippen LogP contribution in [0.4, 0.5) is 0 Å². The van der Waals surface area contributed by atoms with Gasteiger partial charge in [-0.3, -0.25) is 5.41 Å². The summed E-state index contributed by atoms with van der Waals surface area (Å²) < 4.78 is 0. The van der Waals surface area contributed by atoms with E-state index >= 15 is 0 Å². The SMILES string of the molecule is N=C(N)NCc1ccc[nH]1. The van der Waals surface area contributed by atoms with Crippen LogP contribution in [0.2, 0.25) is 0 Å². The minimum atomic E-state index is -0.00500. The molecule has 4 nitrogen and oxygen atoms in total. The number of aromatic amines is 1. The fraction of sp³-hybridized carbons (Fsp3) is 0.167. The molecule has 1 rings (SSSR count). The lowest BCUT2D eigenvalue weighted by molar-refractivity contribution is 0.869. The van der Waals surface area contributed by atoms with Crippen molar-refractivity contribution >= 4 is 5.96 Å².